The minimum absolute atomic E-state index is 0.194. The number of carbonyl (C=O) groups is 3. The van der Waals surface area contributed by atoms with Gasteiger partial charge in [0.1, 0.15) is 5.75 Å². The van der Waals surface area contributed by atoms with Gasteiger partial charge in [-0.05, 0) is 48.7 Å². The summed E-state index contributed by atoms with van der Waals surface area (Å²) in [6.45, 7) is 6.10. The summed E-state index contributed by atoms with van der Waals surface area (Å²) >= 11 is 0. The highest BCUT2D eigenvalue weighted by atomic mass is 16.5. The van der Waals surface area contributed by atoms with E-state index in [-0.39, 0.29) is 24.2 Å². The molecule has 0 unspecified atom stereocenters. The fourth-order valence-corrected chi connectivity index (χ4v) is 3.12. The Labute approximate surface area is 181 Å². The summed E-state index contributed by atoms with van der Waals surface area (Å²) in [5.74, 6) is 0.493. The van der Waals surface area contributed by atoms with Crippen molar-refractivity contribution in [3.05, 3.63) is 54.0 Å². The molecule has 1 fully saturated rings. The van der Waals surface area contributed by atoms with E-state index in [0.717, 1.165) is 6.42 Å². The van der Waals surface area contributed by atoms with Gasteiger partial charge in [0.25, 0.3) is 11.8 Å². The zero-order valence-electron chi connectivity index (χ0n) is 17.9. The normalized spacial score (nSPS) is 13.9. The van der Waals surface area contributed by atoms with Crippen LogP contribution < -0.4 is 4.74 Å². The Morgan fingerprint density at radius 3 is 2.29 bits per heavy atom. The summed E-state index contributed by atoms with van der Waals surface area (Å²) in [6, 6.07) is 9.95. The van der Waals surface area contributed by atoms with Crippen LogP contribution in [0.15, 0.2) is 47.1 Å². The number of hydrogen-bond donors (Lipinski definition) is 0. The third kappa shape index (κ3) is 6.34. The molecule has 3 rings (SSSR count). The van der Waals surface area contributed by atoms with Gasteiger partial charge in [0.05, 0.1) is 18.4 Å². The molecule has 0 aliphatic carbocycles. The fourth-order valence-electron chi connectivity index (χ4n) is 3.12. The van der Waals surface area contributed by atoms with Crippen LogP contribution in [-0.4, -0.2) is 67.0 Å². The number of amides is 2. The lowest BCUT2D eigenvalue weighted by molar-refractivity contribution is -0.136. The molecule has 0 atom stereocenters. The number of ether oxygens (including phenoxy) is 2. The molecule has 2 amide bonds. The Kier molecular flexibility index (Phi) is 7.70. The molecule has 0 bridgehead atoms. The second kappa shape index (κ2) is 10.7. The first-order chi connectivity index (χ1) is 14.9. The van der Waals surface area contributed by atoms with Crippen molar-refractivity contribution in [2.45, 2.75) is 20.3 Å². The molecule has 1 aliphatic rings. The first kappa shape index (κ1) is 22.4. The summed E-state index contributed by atoms with van der Waals surface area (Å²) in [6.07, 6.45) is 2.41. The van der Waals surface area contributed by atoms with Gasteiger partial charge in [0.15, 0.2) is 12.4 Å². The van der Waals surface area contributed by atoms with Gasteiger partial charge in [-0.1, -0.05) is 13.8 Å². The van der Waals surface area contributed by atoms with Crippen molar-refractivity contribution in [1.29, 1.82) is 0 Å². The van der Waals surface area contributed by atoms with E-state index in [4.69, 9.17) is 13.9 Å². The van der Waals surface area contributed by atoms with Crippen LogP contribution in [0.1, 0.15) is 41.2 Å². The van der Waals surface area contributed by atoms with Gasteiger partial charge in [-0.2, -0.15) is 0 Å². The molecular formula is C23H28N2O6. The zero-order valence-corrected chi connectivity index (χ0v) is 17.9. The third-order valence-electron chi connectivity index (χ3n) is 5.03. The van der Waals surface area contributed by atoms with E-state index in [1.54, 1.807) is 46.2 Å². The van der Waals surface area contributed by atoms with Crippen LogP contribution in [-0.2, 0) is 9.53 Å². The average Bonchev–Trinajstić information content (AvgIpc) is 3.32. The van der Waals surface area contributed by atoms with Crippen LogP contribution >= 0.6 is 0 Å². The highest BCUT2D eigenvalue weighted by Crippen LogP contribution is 2.14. The molecule has 2 aromatic rings. The van der Waals surface area contributed by atoms with Crippen molar-refractivity contribution in [1.82, 2.24) is 9.80 Å². The van der Waals surface area contributed by atoms with Crippen molar-refractivity contribution in [2.24, 2.45) is 5.92 Å². The second-order valence-electron chi connectivity index (χ2n) is 7.78. The molecule has 1 aromatic heterocycles. The number of benzene rings is 1. The van der Waals surface area contributed by atoms with Gasteiger partial charge in [0.2, 0.25) is 0 Å². The van der Waals surface area contributed by atoms with Gasteiger partial charge in [0, 0.05) is 26.2 Å². The van der Waals surface area contributed by atoms with E-state index in [2.05, 4.69) is 13.8 Å². The maximum absolute atomic E-state index is 12.4. The molecule has 166 valence electrons. The Morgan fingerprint density at radius 2 is 1.68 bits per heavy atom. The highest BCUT2D eigenvalue weighted by Gasteiger charge is 2.26. The molecule has 0 N–H and O–H groups in total. The number of rotatable bonds is 8. The Hall–Kier alpha value is -3.29. The van der Waals surface area contributed by atoms with Gasteiger partial charge in [-0.3, -0.25) is 9.59 Å². The van der Waals surface area contributed by atoms with Crippen LogP contribution in [0.2, 0.25) is 0 Å². The lowest BCUT2D eigenvalue weighted by Gasteiger charge is -2.34. The lowest BCUT2D eigenvalue weighted by Crippen LogP contribution is -2.51. The average molecular weight is 428 g/mol. The smallest absolute Gasteiger partial charge is 0.338 e. The molecule has 0 spiro atoms. The van der Waals surface area contributed by atoms with Crippen molar-refractivity contribution in [2.75, 3.05) is 39.4 Å². The van der Waals surface area contributed by atoms with E-state index in [1.807, 2.05) is 0 Å². The standard InChI is InChI=1S/C23H28N2O6/c1-17(2)9-15-29-19-7-5-18(6-8-19)23(28)31-16-21(26)24-10-12-25(13-11-24)22(27)20-4-3-14-30-20/h3-8,14,17H,9-13,15-16H2,1-2H3. The molecule has 31 heavy (non-hydrogen) atoms. The van der Waals surface area contributed by atoms with Gasteiger partial charge in [-0.15, -0.1) is 0 Å². The highest BCUT2D eigenvalue weighted by molar-refractivity contribution is 5.92. The Bertz CT molecular complexity index is 868. The zero-order chi connectivity index (χ0) is 22.2. The molecule has 0 radical (unpaired) electrons. The fraction of sp³-hybridized carbons (Fsp3) is 0.435. The van der Waals surface area contributed by atoms with Crippen LogP contribution in [0.4, 0.5) is 0 Å². The number of esters is 1. The molecular weight excluding hydrogens is 400 g/mol. The number of furan rings is 1. The van der Waals surface area contributed by atoms with Gasteiger partial charge in [-0.25, -0.2) is 4.79 Å². The van der Waals surface area contributed by atoms with E-state index < -0.39 is 5.97 Å². The first-order valence-electron chi connectivity index (χ1n) is 10.4. The minimum atomic E-state index is -0.561. The molecule has 1 aromatic carbocycles. The molecule has 2 heterocycles. The molecule has 1 saturated heterocycles. The summed E-state index contributed by atoms with van der Waals surface area (Å²) < 4.78 is 15.9. The maximum Gasteiger partial charge on any atom is 0.338 e. The largest absolute Gasteiger partial charge is 0.494 e. The lowest BCUT2D eigenvalue weighted by atomic mass is 10.1. The predicted octanol–water partition coefficient (Wildman–Crippen LogP) is 2.85. The number of carbonyl (C=O) groups excluding carboxylic acids is 3. The number of piperazine rings is 1. The van der Waals surface area contributed by atoms with Gasteiger partial charge < -0.3 is 23.7 Å². The van der Waals surface area contributed by atoms with E-state index in [0.29, 0.717) is 50.0 Å². The Morgan fingerprint density at radius 1 is 1.00 bits per heavy atom. The summed E-state index contributed by atoms with van der Waals surface area (Å²) in [4.78, 5) is 40.1. The molecule has 1 aliphatic heterocycles. The van der Waals surface area contributed by atoms with Crippen LogP contribution in [0.3, 0.4) is 0 Å². The maximum atomic E-state index is 12.4. The van der Waals surface area contributed by atoms with Gasteiger partial charge >= 0.3 is 5.97 Å². The van der Waals surface area contributed by atoms with Crippen molar-refractivity contribution < 1.29 is 28.3 Å². The second-order valence-corrected chi connectivity index (χ2v) is 7.78. The molecule has 0 saturated carbocycles. The summed E-state index contributed by atoms with van der Waals surface area (Å²) in [5.41, 5.74) is 0.359. The van der Waals surface area contributed by atoms with E-state index in [9.17, 15) is 14.4 Å². The monoisotopic (exact) mass is 428 g/mol. The SMILES string of the molecule is CC(C)CCOc1ccc(C(=O)OCC(=O)N2CCN(C(=O)c3ccco3)CC2)cc1. The molecule has 8 nitrogen and oxygen atoms in total. The third-order valence-corrected chi connectivity index (χ3v) is 5.03. The van der Waals surface area contributed by atoms with E-state index >= 15 is 0 Å². The Balaban J connectivity index is 1.40. The van der Waals surface area contributed by atoms with Crippen LogP contribution in [0.25, 0.3) is 0 Å². The summed E-state index contributed by atoms with van der Waals surface area (Å²) in [7, 11) is 0. The van der Waals surface area contributed by atoms with Crippen LogP contribution in [0.5, 0.6) is 5.75 Å². The van der Waals surface area contributed by atoms with Crippen molar-refractivity contribution >= 4 is 17.8 Å². The van der Waals surface area contributed by atoms with Crippen molar-refractivity contribution in [3.8, 4) is 5.75 Å². The first-order valence-corrected chi connectivity index (χ1v) is 10.4. The van der Waals surface area contributed by atoms with Crippen LogP contribution in [0, 0.1) is 5.92 Å². The number of hydrogen-bond acceptors (Lipinski definition) is 6. The summed E-state index contributed by atoms with van der Waals surface area (Å²) in [5, 5.41) is 0. The topological polar surface area (TPSA) is 89.3 Å². The van der Waals surface area contributed by atoms with Crippen molar-refractivity contribution in [3.63, 3.8) is 0 Å². The predicted molar refractivity (Wildman–Crippen MR) is 113 cm³/mol. The minimum Gasteiger partial charge on any atom is -0.494 e. The molecule has 8 heteroatoms. The van der Waals surface area contributed by atoms with E-state index in [1.165, 1.54) is 6.26 Å². The quantitative estimate of drug-likeness (QED) is 0.601. The number of nitrogens with zero attached hydrogens (tertiary/aromatic N) is 2.